The largest absolute Gasteiger partial charge is 0.299 e. The molecule has 0 bridgehead atoms. The van der Waals surface area contributed by atoms with E-state index in [-0.39, 0.29) is 11.2 Å². The van der Waals surface area contributed by atoms with Crippen molar-refractivity contribution in [3.05, 3.63) is 51.2 Å². The Bertz CT molecular complexity index is 1410. The molecule has 5 aromatic rings. The first-order chi connectivity index (χ1) is 14.0. The second kappa shape index (κ2) is 6.97. The molecule has 5 rings (SSSR count). The highest BCUT2D eigenvalue weighted by molar-refractivity contribution is 7.99. The number of alkyl halides is 2. The molecule has 0 aliphatic carbocycles. The van der Waals surface area contributed by atoms with Crippen molar-refractivity contribution in [3.8, 4) is 10.4 Å². The van der Waals surface area contributed by atoms with E-state index >= 15 is 0 Å². The van der Waals surface area contributed by atoms with Crippen LogP contribution in [0.3, 0.4) is 0 Å². The minimum Gasteiger partial charge on any atom is -0.290 e. The lowest BCUT2D eigenvalue weighted by Gasteiger charge is -2.07. The fourth-order valence-corrected chi connectivity index (χ4v) is 5.44. The molecule has 0 unspecified atom stereocenters. The number of hydrogen-bond donors (Lipinski definition) is 0. The molecule has 5 heterocycles. The summed E-state index contributed by atoms with van der Waals surface area (Å²) >= 11 is 4.07. The van der Waals surface area contributed by atoms with Crippen LogP contribution in [0.15, 0.2) is 50.0 Å². The van der Waals surface area contributed by atoms with E-state index in [1.165, 1.54) is 15.9 Å². The van der Waals surface area contributed by atoms with E-state index in [2.05, 4.69) is 20.3 Å². The van der Waals surface area contributed by atoms with Gasteiger partial charge in [-0.15, -0.1) is 32.9 Å². The number of thiophene rings is 2. The molecule has 29 heavy (non-hydrogen) atoms. The number of aromatic nitrogens is 6. The molecule has 0 atom stereocenters. The number of rotatable bonds is 4. The summed E-state index contributed by atoms with van der Waals surface area (Å²) < 4.78 is 28.6. The van der Waals surface area contributed by atoms with Crippen LogP contribution in [-0.2, 0) is 7.05 Å². The minimum atomic E-state index is -2.79. The van der Waals surface area contributed by atoms with Crippen molar-refractivity contribution in [2.45, 2.75) is 16.6 Å². The summed E-state index contributed by atoms with van der Waals surface area (Å²) in [6.07, 6.45) is -2.79. The number of halogens is 2. The molecule has 0 radical (unpaired) electrons. The molecule has 0 aliphatic heterocycles. The molecule has 0 aromatic carbocycles. The molecular formula is C17H10F2N6OS3. The Hall–Kier alpha value is -2.70. The molecule has 0 fully saturated rings. The van der Waals surface area contributed by atoms with Crippen molar-refractivity contribution in [3.63, 3.8) is 0 Å². The first kappa shape index (κ1) is 18.3. The Labute approximate surface area is 173 Å². The van der Waals surface area contributed by atoms with Gasteiger partial charge in [0.15, 0.2) is 10.8 Å². The summed E-state index contributed by atoms with van der Waals surface area (Å²) in [4.78, 5) is 19.2. The van der Waals surface area contributed by atoms with E-state index in [1.807, 2.05) is 22.9 Å². The Kier molecular flexibility index (Phi) is 4.41. The highest BCUT2D eigenvalue weighted by Crippen LogP contribution is 2.35. The maximum Gasteiger partial charge on any atom is 0.299 e. The van der Waals surface area contributed by atoms with Gasteiger partial charge >= 0.3 is 0 Å². The van der Waals surface area contributed by atoms with Gasteiger partial charge in [0.05, 0.1) is 5.39 Å². The molecule has 0 amide bonds. The summed E-state index contributed by atoms with van der Waals surface area (Å²) in [5.74, 6) is -0.529. The minimum absolute atomic E-state index is 0.166. The van der Waals surface area contributed by atoms with E-state index in [9.17, 15) is 13.6 Å². The Morgan fingerprint density at radius 2 is 2.03 bits per heavy atom. The zero-order valence-electron chi connectivity index (χ0n) is 14.6. The number of fused-ring (bicyclic) bond motifs is 2. The Morgan fingerprint density at radius 3 is 2.79 bits per heavy atom. The van der Waals surface area contributed by atoms with Crippen molar-refractivity contribution in [2.24, 2.45) is 7.05 Å². The first-order valence-electron chi connectivity index (χ1n) is 8.23. The van der Waals surface area contributed by atoms with Gasteiger partial charge in [-0.3, -0.25) is 9.36 Å². The van der Waals surface area contributed by atoms with Gasteiger partial charge in [-0.25, -0.2) is 13.8 Å². The predicted octanol–water partition coefficient (Wildman–Crippen LogP) is 4.25. The summed E-state index contributed by atoms with van der Waals surface area (Å²) in [7, 11) is 1.63. The molecule has 146 valence electrons. The highest BCUT2D eigenvalue weighted by Gasteiger charge is 2.19. The van der Waals surface area contributed by atoms with Gasteiger partial charge in [-0.2, -0.15) is 9.61 Å². The zero-order chi connectivity index (χ0) is 20.1. The van der Waals surface area contributed by atoms with Gasteiger partial charge < -0.3 is 0 Å². The lowest BCUT2D eigenvalue weighted by Crippen LogP contribution is -2.19. The van der Waals surface area contributed by atoms with Gasteiger partial charge in [0, 0.05) is 22.9 Å². The lowest BCUT2D eigenvalue weighted by molar-refractivity contribution is 0.137. The summed E-state index contributed by atoms with van der Waals surface area (Å²) in [5.41, 5.74) is 0.928. The van der Waals surface area contributed by atoms with Crippen molar-refractivity contribution in [1.29, 1.82) is 0 Å². The number of nitrogens with zero attached hydrogens (tertiary/aromatic N) is 6. The second-order valence-electron chi connectivity index (χ2n) is 5.97. The van der Waals surface area contributed by atoms with Crippen molar-refractivity contribution in [2.75, 3.05) is 0 Å². The Balaban J connectivity index is 1.59. The quantitative estimate of drug-likeness (QED) is 0.383. The average Bonchev–Trinajstić information content (AvgIpc) is 3.43. The molecule has 5 aromatic heterocycles. The fraction of sp³-hybridized carbons (Fsp3) is 0.118. The Morgan fingerprint density at radius 1 is 1.17 bits per heavy atom. The van der Waals surface area contributed by atoms with Crippen LogP contribution < -0.4 is 5.56 Å². The van der Waals surface area contributed by atoms with Crippen molar-refractivity contribution >= 4 is 50.3 Å². The smallest absolute Gasteiger partial charge is 0.290 e. The molecule has 0 spiro atoms. The average molecular weight is 449 g/mol. The van der Waals surface area contributed by atoms with Gasteiger partial charge in [-0.1, -0.05) is 6.07 Å². The number of hydrogen-bond acceptors (Lipinski definition) is 8. The summed E-state index contributed by atoms with van der Waals surface area (Å²) in [6.45, 7) is 0. The second-order valence-corrected chi connectivity index (χ2v) is 8.76. The lowest BCUT2D eigenvalue weighted by atomic mass is 10.2. The standard InChI is InChI=1S/C17H10F2N6OS3/c1-24-16(26)12-8(9-3-2-6-27-9)7-28-15(12)20-17(24)29-11-5-4-10-21-22-14(13(18)19)25(10)23-11/h2-7,13H,1H3. The van der Waals surface area contributed by atoms with Crippen LogP contribution in [-0.4, -0.2) is 29.4 Å². The van der Waals surface area contributed by atoms with Gasteiger partial charge in [0.2, 0.25) is 5.82 Å². The maximum absolute atomic E-state index is 13.1. The SMILES string of the molecule is Cn1c(Sc2ccc3nnc(C(F)F)n3n2)nc2scc(-c3cccs3)c2c1=O. The summed E-state index contributed by atoms with van der Waals surface area (Å²) in [6, 6.07) is 7.08. The normalized spacial score (nSPS) is 11.9. The topological polar surface area (TPSA) is 78.0 Å². The van der Waals surface area contributed by atoms with Gasteiger partial charge in [0.25, 0.3) is 12.0 Å². The third kappa shape index (κ3) is 3.03. The van der Waals surface area contributed by atoms with E-state index in [0.717, 1.165) is 26.7 Å². The molecule has 0 aliphatic rings. The first-order valence-corrected chi connectivity index (χ1v) is 10.8. The third-order valence-electron chi connectivity index (χ3n) is 4.21. The van der Waals surface area contributed by atoms with Crippen molar-refractivity contribution in [1.82, 2.24) is 29.4 Å². The van der Waals surface area contributed by atoms with Crippen molar-refractivity contribution < 1.29 is 8.78 Å². The van der Waals surface area contributed by atoms with Crippen LogP contribution in [0, 0.1) is 0 Å². The van der Waals surface area contributed by atoms with Crippen LogP contribution >= 0.6 is 34.4 Å². The molecule has 7 nitrogen and oxygen atoms in total. The van der Waals surface area contributed by atoms with Crippen LogP contribution in [0.5, 0.6) is 0 Å². The predicted molar refractivity (Wildman–Crippen MR) is 108 cm³/mol. The van der Waals surface area contributed by atoms with E-state index in [1.54, 1.807) is 30.5 Å². The summed E-state index contributed by atoms with van der Waals surface area (Å²) in [5, 5.41) is 16.6. The molecule has 12 heteroatoms. The van der Waals surface area contributed by atoms with Crippen LogP contribution in [0.1, 0.15) is 12.2 Å². The van der Waals surface area contributed by atoms with Gasteiger partial charge in [-0.05, 0) is 35.3 Å². The fourth-order valence-electron chi connectivity index (χ4n) is 2.83. The molecule has 0 saturated heterocycles. The van der Waals surface area contributed by atoms with Crippen LogP contribution in [0.2, 0.25) is 0 Å². The van der Waals surface area contributed by atoms with Crippen LogP contribution in [0.25, 0.3) is 26.3 Å². The third-order valence-corrected chi connectivity index (χ3v) is 6.96. The molecular weight excluding hydrogens is 438 g/mol. The monoisotopic (exact) mass is 448 g/mol. The zero-order valence-corrected chi connectivity index (χ0v) is 17.1. The highest BCUT2D eigenvalue weighted by atomic mass is 32.2. The van der Waals surface area contributed by atoms with Gasteiger partial charge in [0.1, 0.15) is 9.86 Å². The van der Waals surface area contributed by atoms with E-state index < -0.39 is 12.2 Å². The molecule has 0 N–H and O–H groups in total. The van der Waals surface area contributed by atoms with E-state index in [4.69, 9.17) is 0 Å². The van der Waals surface area contributed by atoms with Crippen LogP contribution in [0.4, 0.5) is 8.78 Å². The van der Waals surface area contributed by atoms with E-state index in [0.29, 0.717) is 20.4 Å². The maximum atomic E-state index is 13.1. The molecule has 0 saturated carbocycles.